The summed E-state index contributed by atoms with van der Waals surface area (Å²) in [4.78, 5) is 4.89. The highest BCUT2D eigenvalue weighted by atomic mass is 19.1. The number of rotatable bonds is 5. The minimum absolute atomic E-state index is 0.214. The standard InChI is InChI=1S/C21H25FN2O2/c22-20-12-18(21-19(13-20)15-25-16-26-21)14-24-10-8-23(9-11-24)7-6-17-4-2-1-3-5-17/h1-5,12-13H,6-11,14-16H2. The molecule has 2 aromatic rings. The number of hydrogen-bond donors (Lipinski definition) is 0. The topological polar surface area (TPSA) is 24.9 Å². The molecule has 0 atom stereocenters. The molecule has 4 rings (SSSR count). The van der Waals surface area contributed by atoms with Crippen LogP contribution in [0.1, 0.15) is 16.7 Å². The Hall–Kier alpha value is -1.95. The van der Waals surface area contributed by atoms with Gasteiger partial charge in [-0.3, -0.25) is 4.90 Å². The molecule has 0 saturated carbocycles. The molecule has 2 aromatic carbocycles. The van der Waals surface area contributed by atoms with Crippen LogP contribution in [-0.2, 0) is 24.3 Å². The van der Waals surface area contributed by atoms with E-state index in [0.717, 1.165) is 62.6 Å². The molecule has 138 valence electrons. The van der Waals surface area contributed by atoms with Gasteiger partial charge in [0.15, 0.2) is 6.79 Å². The van der Waals surface area contributed by atoms with E-state index >= 15 is 0 Å². The van der Waals surface area contributed by atoms with Gasteiger partial charge in [-0.1, -0.05) is 30.3 Å². The molecule has 0 unspecified atom stereocenters. The van der Waals surface area contributed by atoms with Crippen LogP contribution in [-0.4, -0.2) is 49.3 Å². The van der Waals surface area contributed by atoms with Crippen molar-refractivity contribution in [3.8, 4) is 5.75 Å². The van der Waals surface area contributed by atoms with Gasteiger partial charge in [0.05, 0.1) is 6.61 Å². The van der Waals surface area contributed by atoms with Gasteiger partial charge in [0.2, 0.25) is 0 Å². The Morgan fingerprint density at radius 1 is 0.962 bits per heavy atom. The first-order valence-corrected chi connectivity index (χ1v) is 9.28. The van der Waals surface area contributed by atoms with Crippen LogP contribution in [0.5, 0.6) is 5.75 Å². The Balaban J connectivity index is 1.31. The fourth-order valence-corrected chi connectivity index (χ4v) is 3.72. The molecule has 0 aromatic heterocycles. The zero-order valence-corrected chi connectivity index (χ0v) is 15.0. The molecule has 26 heavy (non-hydrogen) atoms. The lowest BCUT2D eigenvalue weighted by Crippen LogP contribution is -2.46. The van der Waals surface area contributed by atoms with Crippen molar-refractivity contribution in [1.29, 1.82) is 0 Å². The highest BCUT2D eigenvalue weighted by molar-refractivity contribution is 5.42. The maximum absolute atomic E-state index is 13.9. The molecule has 1 saturated heterocycles. The van der Waals surface area contributed by atoms with Crippen LogP contribution in [0.15, 0.2) is 42.5 Å². The second kappa shape index (κ2) is 8.16. The van der Waals surface area contributed by atoms with E-state index in [0.29, 0.717) is 6.61 Å². The van der Waals surface area contributed by atoms with Gasteiger partial charge in [-0.05, 0) is 24.1 Å². The molecule has 1 fully saturated rings. The molecule has 0 radical (unpaired) electrons. The van der Waals surface area contributed by atoms with Gasteiger partial charge in [0, 0.05) is 50.4 Å². The van der Waals surface area contributed by atoms with Crippen molar-refractivity contribution in [3.63, 3.8) is 0 Å². The largest absolute Gasteiger partial charge is 0.467 e. The lowest BCUT2D eigenvalue weighted by molar-refractivity contribution is -0.0178. The van der Waals surface area contributed by atoms with Crippen molar-refractivity contribution >= 4 is 0 Å². The highest BCUT2D eigenvalue weighted by Crippen LogP contribution is 2.30. The summed E-state index contributed by atoms with van der Waals surface area (Å²) in [6.07, 6.45) is 1.09. The normalized spacial score (nSPS) is 18.3. The molecular weight excluding hydrogens is 331 g/mol. The lowest BCUT2D eigenvalue weighted by atomic mass is 10.1. The maximum atomic E-state index is 13.9. The number of benzene rings is 2. The van der Waals surface area contributed by atoms with Crippen LogP contribution in [0, 0.1) is 5.82 Å². The van der Waals surface area contributed by atoms with Crippen LogP contribution >= 0.6 is 0 Å². The van der Waals surface area contributed by atoms with Crippen molar-refractivity contribution in [3.05, 3.63) is 65.0 Å². The zero-order chi connectivity index (χ0) is 17.8. The van der Waals surface area contributed by atoms with Gasteiger partial charge in [0.1, 0.15) is 11.6 Å². The van der Waals surface area contributed by atoms with E-state index in [2.05, 4.69) is 40.1 Å². The molecular formula is C21H25FN2O2. The molecule has 0 N–H and O–H groups in total. The highest BCUT2D eigenvalue weighted by Gasteiger charge is 2.21. The monoisotopic (exact) mass is 356 g/mol. The zero-order valence-electron chi connectivity index (χ0n) is 15.0. The van der Waals surface area contributed by atoms with Gasteiger partial charge >= 0.3 is 0 Å². The third-order valence-electron chi connectivity index (χ3n) is 5.17. The summed E-state index contributed by atoms with van der Waals surface area (Å²) in [6.45, 7) is 6.59. The average Bonchev–Trinajstić information content (AvgIpc) is 2.68. The summed E-state index contributed by atoms with van der Waals surface area (Å²) in [5, 5.41) is 0. The fourth-order valence-electron chi connectivity index (χ4n) is 3.72. The lowest BCUT2D eigenvalue weighted by Gasteiger charge is -2.35. The van der Waals surface area contributed by atoms with Crippen molar-refractivity contribution < 1.29 is 13.9 Å². The number of hydrogen-bond acceptors (Lipinski definition) is 4. The molecule has 0 amide bonds. The first kappa shape index (κ1) is 17.5. The smallest absolute Gasteiger partial charge is 0.189 e. The number of nitrogens with zero attached hydrogens (tertiary/aromatic N) is 2. The van der Waals surface area contributed by atoms with Crippen LogP contribution in [0.25, 0.3) is 0 Å². The van der Waals surface area contributed by atoms with E-state index in [1.54, 1.807) is 6.07 Å². The predicted molar refractivity (Wildman–Crippen MR) is 98.5 cm³/mol. The van der Waals surface area contributed by atoms with E-state index < -0.39 is 0 Å². The van der Waals surface area contributed by atoms with Gasteiger partial charge in [0.25, 0.3) is 0 Å². The Kier molecular flexibility index (Phi) is 5.48. The van der Waals surface area contributed by atoms with E-state index in [1.807, 2.05) is 0 Å². The molecule has 0 bridgehead atoms. The Morgan fingerprint density at radius 3 is 2.54 bits per heavy atom. The summed E-state index contributed by atoms with van der Waals surface area (Å²) in [6, 6.07) is 13.7. The van der Waals surface area contributed by atoms with E-state index in [9.17, 15) is 4.39 Å². The first-order chi connectivity index (χ1) is 12.8. The summed E-state index contributed by atoms with van der Waals surface area (Å²) in [7, 11) is 0. The quantitative estimate of drug-likeness (QED) is 0.822. The third-order valence-corrected chi connectivity index (χ3v) is 5.17. The first-order valence-electron chi connectivity index (χ1n) is 9.28. The molecule has 2 aliphatic heterocycles. The second-order valence-electron chi connectivity index (χ2n) is 7.02. The van der Waals surface area contributed by atoms with Crippen LogP contribution in [0.2, 0.25) is 0 Å². The van der Waals surface area contributed by atoms with Crippen molar-refractivity contribution in [1.82, 2.24) is 9.80 Å². The van der Waals surface area contributed by atoms with E-state index in [-0.39, 0.29) is 12.6 Å². The fraction of sp³-hybridized carbons (Fsp3) is 0.429. The number of ether oxygens (including phenoxy) is 2. The number of halogens is 1. The molecule has 2 heterocycles. The Labute approximate surface area is 154 Å². The minimum atomic E-state index is -0.214. The second-order valence-corrected chi connectivity index (χ2v) is 7.02. The Bertz CT molecular complexity index is 730. The SMILES string of the molecule is Fc1cc2c(c(CN3CCN(CCc4ccccc4)CC3)c1)OCOC2. The molecule has 0 aliphatic carbocycles. The molecule has 0 spiro atoms. The van der Waals surface area contributed by atoms with E-state index in [1.165, 1.54) is 11.6 Å². The van der Waals surface area contributed by atoms with Crippen molar-refractivity contribution in [2.75, 3.05) is 39.5 Å². The predicted octanol–water partition coefficient (Wildman–Crippen LogP) is 3.05. The molecule has 5 heteroatoms. The third kappa shape index (κ3) is 4.23. The Morgan fingerprint density at radius 2 is 1.73 bits per heavy atom. The summed E-state index contributed by atoms with van der Waals surface area (Å²) in [5.74, 6) is 0.596. The van der Waals surface area contributed by atoms with Gasteiger partial charge in [-0.25, -0.2) is 4.39 Å². The van der Waals surface area contributed by atoms with Crippen molar-refractivity contribution in [2.45, 2.75) is 19.6 Å². The maximum Gasteiger partial charge on any atom is 0.189 e. The van der Waals surface area contributed by atoms with Crippen molar-refractivity contribution in [2.24, 2.45) is 0 Å². The average molecular weight is 356 g/mol. The summed E-state index contributed by atoms with van der Waals surface area (Å²) in [5.41, 5.74) is 3.13. The summed E-state index contributed by atoms with van der Waals surface area (Å²) < 4.78 is 24.8. The van der Waals surface area contributed by atoms with Gasteiger partial charge in [-0.15, -0.1) is 0 Å². The van der Waals surface area contributed by atoms with Gasteiger partial charge < -0.3 is 14.4 Å². The molecule has 4 nitrogen and oxygen atoms in total. The van der Waals surface area contributed by atoms with Crippen LogP contribution < -0.4 is 4.74 Å². The summed E-state index contributed by atoms with van der Waals surface area (Å²) >= 11 is 0. The van der Waals surface area contributed by atoms with E-state index in [4.69, 9.17) is 9.47 Å². The number of fused-ring (bicyclic) bond motifs is 1. The molecule has 2 aliphatic rings. The van der Waals surface area contributed by atoms with Gasteiger partial charge in [-0.2, -0.15) is 0 Å². The number of piperazine rings is 1. The van der Waals surface area contributed by atoms with Crippen LogP contribution in [0.4, 0.5) is 4.39 Å². The minimum Gasteiger partial charge on any atom is -0.467 e. The van der Waals surface area contributed by atoms with Crippen LogP contribution in [0.3, 0.4) is 0 Å².